The number of rotatable bonds is 7. The summed E-state index contributed by atoms with van der Waals surface area (Å²) < 4.78 is 5.59. The summed E-state index contributed by atoms with van der Waals surface area (Å²) in [6.07, 6.45) is 2.09. The second-order valence-corrected chi connectivity index (χ2v) is 5.90. The Kier molecular flexibility index (Phi) is 5.41. The number of nitrogens with one attached hydrogen (secondary N) is 1. The molecule has 1 N–H and O–H groups in total. The molecule has 0 radical (unpaired) electrons. The van der Waals surface area contributed by atoms with Crippen molar-refractivity contribution >= 4 is 17.5 Å². The highest BCUT2D eigenvalue weighted by Crippen LogP contribution is 2.28. The van der Waals surface area contributed by atoms with Crippen LogP contribution >= 0.6 is 0 Å². The predicted octanol–water partition coefficient (Wildman–Crippen LogP) is 2.35. The van der Waals surface area contributed by atoms with Gasteiger partial charge in [0.2, 0.25) is 11.8 Å². The van der Waals surface area contributed by atoms with Gasteiger partial charge in [-0.3, -0.25) is 9.59 Å². The van der Waals surface area contributed by atoms with Crippen molar-refractivity contribution in [2.24, 2.45) is 5.92 Å². The normalized spacial score (nSPS) is 13.8. The molecular weight excluding hydrogens is 280 g/mol. The molecule has 2 rings (SSSR count). The molecule has 0 aliphatic heterocycles. The quantitative estimate of drug-likeness (QED) is 0.841. The maximum Gasteiger partial charge on any atom is 0.223 e. The molecule has 1 aliphatic carbocycles. The summed E-state index contributed by atoms with van der Waals surface area (Å²) in [6, 6.07) is 7.44. The molecular formula is C17H24N2O3. The van der Waals surface area contributed by atoms with Gasteiger partial charge in [-0.15, -0.1) is 0 Å². The molecule has 0 aromatic heterocycles. The molecule has 120 valence electrons. The van der Waals surface area contributed by atoms with Gasteiger partial charge in [-0.25, -0.2) is 0 Å². The Labute approximate surface area is 131 Å². The van der Waals surface area contributed by atoms with Crippen LogP contribution < -0.4 is 15.0 Å². The van der Waals surface area contributed by atoms with E-state index in [-0.39, 0.29) is 23.8 Å². The monoisotopic (exact) mass is 304 g/mol. The molecule has 0 spiro atoms. The van der Waals surface area contributed by atoms with Crippen LogP contribution in [0.2, 0.25) is 0 Å². The van der Waals surface area contributed by atoms with E-state index in [4.69, 9.17) is 4.74 Å². The second kappa shape index (κ2) is 7.29. The average Bonchev–Trinajstić information content (AvgIpc) is 3.28. The number of ether oxygens (including phenoxy) is 1. The zero-order valence-electron chi connectivity index (χ0n) is 13.5. The van der Waals surface area contributed by atoms with Crippen LogP contribution in [0.4, 0.5) is 5.69 Å². The molecule has 2 amide bonds. The molecule has 1 saturated carbocycles. The summed E-state index contributed by atoms with van der Waals surface area (Å²) in [4.78, 5) is 25.1. The van der Waals surface area contributed by atoms with Gasteiger partial charge in [0.05, 0.1) is 6.10 Å². The van der Waals surface area contributed by atoms with Crippen molar-refractivity contribution in [1.29, 1.82) is 0 Å². The number of benzene rings is 1. The van der Waals surface area contributed by atoms with Gasteiger partial charge >= 0.3 is 0 Å². The molecule has 0 saturated heterocycles. The fourth-order valence-corrected chi connectivity index (χ4v) is 2.23. The number of nitrogens with zero attached hydrogens (tertiary/aromatic N) is 1. The predicted molar refractivity (Wildman–Crippen MR) is 86.0 cm³/mol. The molecule has 0 heterocycles. The smallest absolute Gasteiger partial charge is 0.223 e. The fraction of sp³-hybridized carbons (Fsp3) is 0.529. The van der Waals surface area contributed by atoms with Crippen molar-refractivity contribution in [2.45, 2.75) is 39.7 Å². The van der Waals surface area contributed by atoms with E-state index < -0.39 is 0 Å². The summed E-state index contributed by atoms with van der Waals surface area (Å²) in [5.74, 6) is 1.03. The molecule has 1 aromatic carbocycles. The summed E-state index contributed by atoms with van der Waals surface area (Å²) in [5.41, 5.74) is 0.810. The summed E-state index contributed by atoms with van der Waals surface area (Å²) in [5, 5.41) is 2.88. The number of amides is 2. The van der Waals surface area contributed by atoms with Gasteiger partial charge in [0.15, 0.2) is 0 Å². The van der Waals surface area contributed by atoms with Crippen molar-refractivity contribution in [3.05, 3.63) is 24.3 Å². The highest BCUT2D eigenvalue weighted by Gasteiger charge is 2.29. The van der Waals surface area contributed by atoms with Gasteiger partial charge in [0.1, 0.15) is 5.75 Å². The van der Waals surface area contributed by atoms with E-state index in [1.807, 2.05) is 38.1 Å². The summed E-state index contributed by atoms with van der Waals surface area (Å²) in [6.45, 7) is 6.41. The Morgan fingerprint density at radius 1 is 1.27 bits per heavy atom. The number of hydrogen-bond acceptors (Lipinski definition) is 3. The van der Waals surface area contributed by atoms with Gasteiger partial charge in [0.25, 0.3) is 0 Å². The molecule has 5 heteroatoms. The zero-order valence-corrected chi connectivity index (χ0v) is 13.5. The molecule has 5 nitrogen and oxygen atoms in total. The van der Waals surface area contributed by atoms with E-state index in [9.17, 15) is 9.59 Å². The molecule has 1 fully saturated rings. The number of carbonyl (C=O) groups excluding carboxylic acids is 2. The average molecular weight is 304 g/mol. The van der Waals surface area contributed by atoms with E-state index in [1.54, 1.807) is 4.90 Å². The van der Waals surface area contributed by atoms with E-state index in [0.29, 0.717) is 13.1 Å². The first-order chi connectivity index (χ1) is 10.5. The minimum atomic E-state index is -0.0433. The zero-order chi connectivity index (χ0) is 16.1. The standard InChI is InChI=1S/C17H24N2O3/c1-12(2)22-16-8-6-15(7-9-16)19(13(3)20)11-10-18-17(21)14-4-5-14/h6-9,12,14H,4-5,10-11H2,1-3H3,(H,18,21). The van der Waals surface area contributed by atoms with Crippen LogP contribution in [0.1, 0.15) is 33.6 Å². The highest BCUT2D eigenvalue weighted by molar-refractivity contribution is 5.91. The number of hydrogen-bond donors (Lipinski definition) is 1. The van der Waals surface area contributed by atoms with Crippen LogP contribution in [0.25, 0.3) is 0 Å². The van der Waals surface area contributed by atoms with Crippen molar-refractivity contribution in [1.82, 2.24) is 5.32 Å². The van der Waals surface area contributed by atoms with Crippen LogP contribution in [-0.2, 0) is 9.59 Å². The number of carbonyl (C=O) groups is 2. The molecule has 0 atom stereocenters. The SMILES string of the molecule is CC(=O)N(CCNC(=O)C1CC1)c1ccc(OC(C)C)cc1. The van der Waals surface area contributed by atoms with Crippen LogP contribution in [0.15, 0.2) is 24.3 Å². The first-order valence-corrected chi connectivity index (χ1v) is 7.80. The molecule has 0 unspecified atom stereocenters. The first kappa shape index (κ1) is 16.3. The summed E-state index contributed by atoms with van der Waals surface area (Å²) >= 11 is 0. The van der Waals surface area contributed by atoms with Gasteiger partial charge in [-0.1, -0.05) is 0 Å². The third-order valence-electron chi connectivity index (χ3n) is 3.48. The Morgan fingerprint density at radius 3 is 2.41 bits per heavy atom. The maximum atomic E-state index is 11.8. The van der Waals surface area contributed by atoms with Crippen molar-refractivity contribution in [3.63, 3.8) is 0 Å². The second-order valence-electron chi connectivity index (χ2n) is 5.90. The van der Waals surface area contributed by atoms with Crippen molar-refractivity contribution < 1.29 is 14.3 Å². The van der Waals surface area contributed by atoms with Gasteiger partial charge in [0, 0.05) is 31.6 Å². The largest absolute Gasteiger partial charge is 0.491 e. The molecule has 1 aliphatic rings. The lowest BCUT2D eigenvalue weighted by molar-refractivity contribution is -0.122. The lowest BCUT2D eigenvalue weighted by Crippen LogP contribution is -2.38. The van der Waals surface area contributed by atoms with Gasteiger partial charge in [-0.2, -0.15) is 0 Å². The third kappa shape index (κ3) is 4.76. The van der Waals surface area contributed by atoms with E-state index in [0.717, 1.165) is 24.3 Å². The topological polar surface area (TPSA) is 58.6 Å². The van der Waals surface area contributed by atoms with E-state index in [1.165, 1.54) is 6.92 Å². The first-order valence-electron chi connectivity index (χ1n) is 7.80. The minimum Gasteiger partial charge on any atom is -0.491 e. The highest BCUT2D eigenvalue weighted by atomic mass is 16.5. The van der Waals surface area contributed by atoms with Crippen LogP contribution in [0.3, 0.4) is 0 Å². The van der Waals surface area contributed by atoms with Crippen LogP contribution in [0, 0.1) is 5.92 Å². The van der Waals surface area contributed by atoms with E-state index >= 15 is 0 Å². The minimum absolute atomic E-state index is 0.0433. The molecule has 1 aromatic rings. The van der Waals surface area contributed by atoms with Gasteiger partial charge in [-0.05, 0) is 51.0 Å². The number of anilines is 1. The van der Waals surface area contributed by atoms with Crippen molar-refractivity contribution in [2.75, 3.05) is 18.0 Å². The van der Waals surface area contributed by atoms with E-state index in [2.05, 4.69) is 5.32 Å². The molecule has 0 bridgehead atoms. The van der Waals surface area contributed by atoms with Crippen molar-refractivity contribution in [3.8, 4) is 5.75 Å². The lowest BCUT2D eigenvalue weighted by atomic mass is 10.2. The lowest BCUT2D eigenvalue weighted by Gasteiger charge is -2.22. The maximum absolute atomic E-state index is 11.8. The molecule has 22 heavy (non-hydrogen) atoms. The fourth-order valence-electron chi connectivity index (χ4n) is 2.23. The Hall–Kier alpha value is -2.04. The summed E-state index contributed by atoms with van der Waals surface area (Å²) in [7, 11) is 0. The third-order valence-corrected chi connectivity index (χ3v) is 3.48. The van der Waals surface area contributed by atoms with Crippen LogP contribution in [-0.4, -0.2) is 31.0 Å². The Morgan fingerprint density at radius 2 is 1.91 bits per heavy atom. The van der Waals surface area contributed by atoms with Crippen LogP contribution in [0.5, 0.6) is 5.75 Å². The Balaban J connectivity index is 1.91. The Bertz CT molecular complexity index is 521. The van der Waals surface area contributed by atoms with Gasteiger partial charge < -0.3 is 15.0 Å².